The lowest BCUT2D eigenvalue weighted by atomic mass is 9.97. The molecule has 0 spiro atoms. The molecule has 8 heteroatoms. The smallest absolute Gasteiger partial charge is 0.344 e. The highest BCUT2D eigenvalue weighted by Gasteiger charge is 2.21. The van der Waals surface area contributed by atoms with Crippen molar-refractivity contribution in [3.63, 3.8) is 0 Å². The van der Waals surface area contributed by atoms with Gasteiger partial charge in [-0.1, -0.05) is 44.2 Å². The van der Waals surface area contributed by atoms with Crippen molar-refractivity contribution in [3.05, 3.63) is 64.2 Å². The Morgan fingerprint density at radius 2 is 1.76 bits per heavy atom. The van der Waals surface area contributed by atoms with E-state index in [9.17, 15) is 19.7 Å². The van der Waals surface area contributed by atoms with Gasteiger partial charge in [-0.2, -0.15) is 0 Å². The Balaban J connectivity index is 1.93. The number of nitro groups is 1. The van der Waals surface area contributed by atoms with Crippen molar-refractivity contribution >= 4 is 23.3 Å². The first-order valence-corrected chi connectivity index (χ1v) is 9.29. The van der Waals surface area contributed by atoms with Crippen molar-refractivity contribution in [3.8, 4) is 5.75 Å². The molecule has 1 N–H and O–H groups in total. The van der Waals surface area contributed by atoms with Gasteiger partial charge in [-0.15, -0.1) is 0 Å². The van der Waals surface area contributed by atoms with Gasteiger partial charge in [-0.3, -0.25) is 14.9 Å². The third-order valence-electron chi connectivity index (χ3n) is 4.45. The molecule has 0 fully saturated rings. The molecular weight excluding hydrogens is 376 g/mol. The highest BCUT2D eigenvalue weighted by Crippen LogP contribution is 2.27. The van der Waals surface area contributed by atoms with Gasteiger partial charge >= 0.3 is 11.7 Å². The zero-order chi connectivity index (χ0) is 21.4. The number of rotatable bonds is 9. The van der Waals surface area contributed by atoms with Gasteiger partial charge in [-0.25, -0.2) is 4.79 Å². The molecule has 2 aromatic carbocycles. The van der Waals surface area contributed by atoms with Crippen LogP contribution in [0.15, 0.2) is 48.5 Å². The number of benzene rings is 2. The predicted octanol–water partition coefficient (Wildman–Crippen LogP) is 4.06. The normalized spacial score (nSPS) is 12.5. The fourth-order valence-electron chi connectivity index (χ4n) is 2.65. The van der Waals surface area contributed by atoms with Crippen LogP contribution in [0.4, 0.5) is 11.4 Å². The first-order valence-electron chi connectivity index (χ1n) is 9.29. The number of anilines is 1. The average molecular weight is 400 g/mol. The zero-order valence-electron chi connectivity index (χ0n) is 16.6. The summed E-state index contributed by atoms with van der Waals surface area (Å²) in [6, 6.07) is 13.2. The Labute approximate surface area is 169 Å². The first-order chi connectivity index (χ1) is 13.8. The number of nitrogens with zero attached hydrogens (tertiary/aromatic N) is 1. The van der Waals surface area contributed by atoms with Crippen LogP contribution in [0.25, 0.3) is 0 Å². The minimum absolute atomic E-state index is 0.0472. The number of hydrogen-bond donors (Lipinski definition) is 1. The second-order valence-electron chi connectivity index (χ2n) is 6.53. The van der Waals surface area contributed by atoms with Crippen LogP contribution in [0.3, 0.4) is 0 Å². The largest absolute Gasteiger partial charge is 0.475 e. The van der Waals surface area contributed by atoms with Crippen molar-refractivity contribution in [1.82, 2.24) is 0 Å². The summed E-state index contributed by atoms with van der Waals surface area (Å²) in [4.78, 5) is 34.8. The SMILES string of the molecule is CCC(C)c1ccccc1NC(=O)C(C)OC(=O)COc1ccccc1[N+](=O)[O-]. The Morgan fingerprint density at radius 1 is 1.10 bits per heavy atom. The lowest BCUT2D eigenvalue weighted by Gasteiger charge is -2.18. The summed E-state index contributed by atoms with van der Waals surface area (Å²) >= 11 is 0. The van der Waals surface area contributed by atoms with E-state index in [0.29, 0.717) is 5.69 Å². The second-order valence-corrected chi connectivity index (χ2v) is 6.53. The second kappa shape index (κ2) is 10.2. The molecule has 0 saturated carbocycles. The van der Waals surface area contributed by atoms with Crippen LogP contribution in [0.2, 0.25) is 0 Å². The summed E-state index contributed by atoms with van der Waals surface area (Å²) in [6.45, 7) is 5.02. The van der Waals surface area contributed by atoms with E-state index in [2.05, 4.69) is 19.2 Å². The van der Waals surface area contributed by atoms with E-state index in [1.165, 1.54) is 25.1 Å². The van der Waals surface area contributed by atoms with Crippen LogP contribution in [0.1, 0.15) is 38.7 Å². The van der Waals surface area contributed by atoms with Gasteiger partial charge in [0.05, 0.1) is 4.92 Å². The number of ether oxygens (including phenoxy) is 2. The lowest BCUT2D eigenvalue weighted by Crippen LogP contribution is -2.32. The molecule has 29 heavy (non-hydrogen) atoms. The summed E-state index contributed by atoms with van der Waals surface area (Å²) in [5.74, 6) is -1.06. The van der Waals surface area contributed by atoms with Gasteiger partial charge in [0.15, 0.2) is 18.5 Å². The monoisotopic (exact) mass is 400 g/mol. The van der Waals surface area contributed by atoms with Crippen LogP contribution < -0.4 is 10.1 Å². The molecule has 0 aliphatic carbocycles. The van der Waals surface area contributed by atoms with Crippen LogP contribution >= 0.6 is 0 Å². The van der Waals surface area contributed by atoms with Gasteiger partial charge in [0.2, 0.25) is 0 Å². The summed E-state index contributed by atoms with van der Waals surface area (Å²) in [5, 5.41) is 13.7. The molecule has 2 unspecified atom stereocenters. The van der Waals surface area contributed by atoms with Crippen LogP contribution in [-0.2, 0) is 14.3 Å². The number of hydrogen-bond acceptors (Lipinski definition) is 6. The highest BCUT2D eigenvalue weighted by atomic mass is 16.6. The highest BCUT2D eigenvalue weighted by molar-refractivity contribution is 5.95. The molecule has 0 saturated heterocycles. The van der Waals surface area contributed by atoms with Crippen molar-refractivity contribution < 1.29 is 24.0 Å². The molecule has 0 radical (unpaired) electrons. The number of nitrogens with one attached hydrogen (secondary N) is 1. The van der Waals surface area contributed by atoms with Crippen molar-refractivity contribution in [2.45, 2.75) is 39.2 Å². The average Bonchev–Trinajstić information content (AvgIpc) is 2.72. The Kier molecular flexibility index (Phi) is 7.70. The zero-order valence-corrected chi connectivity index (χ0v) is 16.6. The van der Waals surface area contributed by atoms with Crippen LogP contribution in [0, 0.1) is 10.1 Å². The first kappa shape index (κ1) is 21.9. The minimum atomic E-state index is -1.05. The summed E-state index contributed by atoms with van der Waals surface area (Å²) in [7, 11) is 0. The topological polar surface area (TPSA) is 108 Å². The third-order valence-corrected chi connectivity index (χ3v) is 4.45. The maximum atomic E-state index is 12.4. The maximum Gasteiger partial charge on any atom is 0.344 e. The summed E-state index contributed by atoms with van der Waals surface area (Å²) in [6.07, 6.45) is -0.137. The van der Waals surface area contributed by atoms with Crippen LogP contribution in [-0.4, -0.2) is 29.5 Å². The standard InChI is InChI=1S/C21H24N2O6/c1-4-14(2)16-9-5-6-10-17(16)22-21(25)15(3)29-20(24)13-28-19-12-8-7-11-18(19)23(26)27/h5-12,14-15H,4,13H2,1-3H3,(H,22,25). The molecule has 8 nitrogen and oxygen atoms in total. The number of esters is 1. The number of amides is 1. The quantitative estimate of drug-likeness (QED) is 0.386. The van der Waals surface area contributed by atoms with Crippen molar-refractivity contribution in [2.75, 3.05) is 11.9 Å². The van der Waals surface area contributed by atoms with Crippen LogP contribution in [0.5, 0.6) is 5.75 Å². The number of nitro benzene ring substituents is 1. The van der Waals surface area contributed by atoms with Crippen molar-refractivity contribution in [1.29, 1.82) is 0 Å². The van der Waals surface area contributed by atoms with E-state index >= 15 is 0 Å². The molecule has 2 atom stereocenters. The molecule has 0 bridgehead atoms. The van der Waals surface area contributed by atoms with Gasteiger partial charge in [0.25, 0.3) is 5.91 Å². The molecule has 2 rings (SSSR count). The van der Waals surface area contributed by atoms with Gasteiger partial charge in [0, 0.05) is 11.8 Å². The van der Waals surface area contributed by atoms with Gasteiger partial charge in [0.1, 0.15) is 0 Å². The van der Waals surface area contributed by atoms with E-state index in [1.807, 2.05) is 18.2 Å². The Hall–Kier alpha value is -3.42. The molecule has 0 aliphatic heterocycles. The number of carbonyl (C=O) groups is 2. The predicted molar refractivity (Wildman–Crippen MR) is 108 cm³/mol. The van der Waals surface area contributed by atoms with E-state index in [-0.39, 0.29) is 17.4 Å². The molecule has 0 aliphatic rings. The lowest BCUT2D eigenvalue weighted by molar-refractivity contribution is -0.385. The number of carbonyl (C=O) groups excluding carboxylic acids is 2. The van der Waals surface area contributed by atoms with E-state index in [4.69, 9.17) is 9.47 Å². The Bertz CT molecular complexity index is 883. The Morgan fingerprint density at radius 3 is 2.45 bits per heavy atom. The fraction of sp³-hybridized carbons (Fsp3) is 0.333. The van der Waals surface area contributed by atoms with Crippen molar-refractivity contribution in [2.24, 2.45) is 0 Å². The molecule has 1 amide bonds. The minimum Gasteiger partial charge on any atom is -0.475 e. The maximum absolute atomic E-state index is 12.4. The van der Waals surface area contributed by atoms with E-state index < -0.39 is 29.5 Å². The molecule has 0 heterocycles. The summed E-state index contributed by atoms with van der Waals surface area (Å²) in [5.41, 5.74) is 1.42. The van der Waals surface area contributed by atoms with Gasteiger partial charge < -0.3 is 14.8 Å². The molecule has 2 aromatic rings. The molecular formula is C21H24N2O6. The molecule has 154 valence electrons. The molecule has 0 aromatic heterocycles. The van der Waals surface area contributed by atoms with E-state index in [0.717, 1.165) is 12.0 Å². The van der Waals surface area contributed by atoms with E-state index in [1.54, 1.807) is 12.1 Å². The fourth-order valence-corrected chi connectivity index (χ4v) is 2.65. The van der Waals surface area contributed by atoms with Gasteiger partial charge in [-0.05, 0) is 37.0 Å². The number of para-hydroxylation sites is 3. The third kappa shape index (κ3) is 6.03. The summed E-state index contributed by atoms with van der Waals surface area (Å²) < 4.78 is 10.3.